The molecule has 0 aliphatic rings. The Bertz CT molecular complexity index is 960. The highest BCUT2D eigenvalue weighted by Crippen LogP contribution is 2.28. The number of hydrogen-bond acceptors (Lipinski definition) is 4. The highest BCUT2D eigenvalue weighted by Gasteiger charge is 2.14. The summed E-state index contributed by atoms with van der Waals surface area (Å²) in [7, 11) is 1.32. The molecule has 26 heavy (non-hydrogen) atoms. The van der Waals surface area contributed by atoms with Crippen LogP contribution in [0.1, 0.15) is 17.1 Å². The van der Waals surface area contributed by atoms with Gasteiger partial charge < -0.3 is 13.7 Å². The van der Waals surface area contributed by atoms with E-state index in [1.54, 1.807) is 12.3 Å². The van der Waals surface area contributed by atoms with Crippen LogP contribution >= 0.6 is 23.2 Å². The molecule has 0 N–H and O–H groups in total. The van der Waals surface area contributed by atoms with Gasteiger partial charge in [-0.2, -0.15) is 0 Å². The number of nitrogens with zero attached hydrogens (tertiary/aromatic N) is 2. The molecule has 0 bridgehead atoms. The topological polar surface area (TPSA) is 57.3 Å². The Morgan fingerprint density at radius 3 is 2.81 bits per heavy atom. The monoisotopic (exact) mass is 390 g/mol. The first-order chi connectivity index (χ1) is 12.5. The van der Waals surface area contributed by atoms with E-state index in [1.807, 2.05) is 41.8 Å². The van der Waals surface area contributed by atoms with Crippen molar-refractivity contribution in [3.8, 4) is 11.3 Å². The van der Waals surface area contributed by atoms with Gasteiger partial charge in [0.1, 0.15) is 11.6 Å². The van der Waals surface area contributed by atoms with Crippen LogP contribution in [-0.4, -0.2) is 22.6 Å². The predicted octanol–water partition coefficient (Wildman–Crippen LogP) is 4.99. The number of ether oxygens (including phenoxy) is 1. The van der Waals surface area contributed by atoms with Gasteiger partial charge in [-0.3, -0.25) is 0 Å². The van der Waals surface area contributed by atoms with Crippen molar-refractivity contribution < 1.29 is 13.9 Å². The molecule has 0 amide bonds. The molecule has 2 heterocycles. The number of imidazole rings is 1. The number of aromatic nitrogens is 2. The van der Waals surface area contributed by atoms with Gasteiger partial charge in [0.05, 0.1) is 25.6 Å². The van der Waals surface area contributed by atoms with E-state index in [4.69, 9.17) is 27.6 Å². The first-order valence-corrected chi connectivity index (χ1v) is 8.56. The lowest BCUT2D eigenvalue weighted by molar-refractivity contribution is -0.134. The molecule has 0 aliphatic carbocycles. The van der Waals surface area contributed by atoms with Crippen LogP contribution in [0, 0.1) is 6.92 Å². The number of benzene rings is 1. The number of methoxy groups -OCH3 is 1. The molecule has 0 aliphatic heterocycles. The molecule has 3 rings (SSSR count). The Morgan fingerprint density at radius 2 is 2.15 bits per heavy atom. The zero-order valence-electron chi connectivity index (χ0n) is 14.2. The lowest BCUT2D eigenvalue weighted by Gasteiger charge is -2.11. The normalized spacial score (nSPS) is 11.2. The van der Waals surface area contributed by atoms with Gasteiger partial charge in [-0.05, 0) is 36.8 Å². The van der Waals surface area contributed by atoms with Gasteiger partial charge in [-0.25, -0.2) is 9.78 Å². The molecule has 7 heteroatoms. The van der Waals surface area contributed by atoms with E-state index in [2.05, 4.69) is 9.72 Å². The lowest BCUT2D eigenvalue weighted by Crippen LogP contribution is -2.05. The van der Waals surface area contributed by atoms with Crippen molar-refractivity contribution in [1.29, 1.82) is 0 Å². The molecule has 0 atom stereocenters. The average molecular weight is 391 g/mol. The first kappa shape index (κ1) is 18.3. The van der Waals surface area contributed by atoms with Crippen molar-refractivity contribution in [3.63, 3.8) is 0 Å². The average Bonchev–Trinajstić information content (AvgIpc) is 3.24. The molecule has 3 aromatic rings. The van der Waals surface area contributed by atoms with E-state index in [0.717, 1.165) is 16.9 Å². The van der Waals surface area contributed by atoms with Gasteiger partial charge in [0, 0.05) is 16.7 Å². The summed E-state index contributed by atoms with van der Waals surface area (Å²) in [6.45, 7) is 2.30. The van der Waals surface area contributed by atoms with Crippen molar-refractivity contribution in [3.05, 3.63) is 69.9 Å². The highest BCUT2D eigenvalue weighted by molar-refractivity contribution is 6.31. The van der Waals surface area contributed by atoms with Crippen LogP contribution in [0.2, 0.25) is 10.2 Å². The van der Waals surface area contributed by atoms with Gasteiger partial charge in [-0.15, -0.1) is 0 Å². The van der Waals surface area contributed by atoms with Crippen LogP contribution in [0.15, 0.2) is 47.1 Å². The largest absolute Gasteiger partial charge is 0.466 e. The molecule has 2 aromatic heterocycles. The van der Waals surface area contributed by atoms with Gasteiger partial charge >= 0.3 is 5.97 Å². The summed E-state index contributed by atoms with van der Waals surface area (Å²) in [6.07, 6.45) is 4.51. The summed E-state index contributed by atoms with van der Waals surface area (Å²) in [4.78, 5) is 15.6. The number of esters is 1. The maximum Gasteiger partial charge on any atom is 0.330 e. The Kier molecular flexibility index (Phi) is 5.49. The van der Waals surface area contributed by atoms with Crippen molar-refractivity contribution in [2.45, 2.75) is 13.5 Å². The zero-order chi connectivity index (χ0) is 18.7. The van der Waals surface area contributed by atoms with E-state index in [0.29, 0.717) is 28.2 Å². The molecule has 0 unspecified atom stereocenters. The summed E-state index contributed by atoms with van der Waals surface area (Å²) in [5.41, 5.74) is 2.41. The third kappa shape index (κ3) is 3.84. The molecule has 134 valence electrons. The van der Waals surface area contributed by atoms with Crippen LogP contribution in [0.4, 0.5) is 0 Å². The van der Waals surface area contributed by atoms with Gasteiger partial charge in [0.15, 0.2) is 5.15 Å². The van der Waals surface area contributed by atoms with Crippen LogP contribution in [-0.2, 0) is 16.1 Å². The first-order valence-electron chi connectivity index (χ1n) is 7.80. The van der Waals surface area contributed by atoms with Gasteiger partial charge in [0.25, 0.3) is 0 Å². The fourth-order valence-corrected chi connectivity index (χ4v) is 3.09. The van der Waals surface area contributed by atoms with E-state index >= 15 is 0 Å². The van der Waals surface area contributed by atoms with E-state index in [9.17, 15) is 4.79 Å². The fraction of sp³-hybridized carbons (Fsp3) is 0.158. The van der Waals surface area contributed by atoms with Crippen LogP contribution in [0.5, 0.6) is 0 Å². The molecule has 1 aromatic carbocycles. The Morgan fingerprint density at radius 1 is 1.35 bits per heavy atom. The Labute approximate surface area is 160 Å². The van der Waals surface area contributed by atoms with Crippen molar-refractivity contribution in [2.24, 2.45) is 0 Å². The summed E-state index contributed by atoms with van der Waals surface area (Å²) >= 11 is 12.7. The van der Waals surface area contributed by atoms with Crippen molar-refractivity contribution in [1.82, 2.24) is 9.55 Å². The van der Waals surface area contributed by atoms with Gasteiger partial charge in [-0.1, -0.05) is 35.3 Å². The summed E-state index contributed by atoms with van der Waals surface area (Å²) in [6, 6.07) is 9.43. The highest BCUT2D eigenvalue weighted by atomic mass is 35.5. The number of aryl methyl sites for hydroxylation is 1. The van der Waals surface area contributed by atoms with Crippen LogP contribution < -0.4 is 0 Å². The van der Waals surface area contributed by atoms with Crippen molar-refractivity contribution >= 4 is 35.2 Å². The minimum absolute atomic E-state index is 0.311. The molecule has 0 spiro atoms. The van der Waals surface area contributed by atoms with Gasteiger partial charge in [0.2, 0.25) is 0 Å². The number of carbonyl (C=O) groups is 1. The number of rotatable bonds is 5. The Balaban J connectivity index is 1.92. The molecular formula is C19H16Cl2N2O3. The number of carbonyl (C=O) groups excluding carboxylic acids is 1. The number of halogens is 2. The summed E-state index contributed by atoms with van der Waals surface area (Å²) < 4.78 is 11.9. The smallest absolute Gasteiger partial charge is 0.330 e. The quantitative estimate of drug-likeness (QED) is 0.454. The van der Waals surface area contributed by atoms with E-state index < -0.39 is 5.97 Å². The summed E-state index contributed by atoms with van der Waals surface area (Å²) in [5, 5.41) is 0.914. The molecule has 5 nitrogen and oxygen atoms in total. The van der Waals surface area contributed by atoms with E-state index in [-0.39, 0.29) is 0 Å². The van der Waals surface area contributed by atoms with Crippen LogP contribution in [0.25, 0.3) is 17.4 Å². The minimum atomic E-state index is -0.465. The lowest BCUT2D eigenvalue weighted by atomic mass is 10.1. The molecule has 0 radical (unpaired) electrons. The third-order valence-corrected chi connectivity index (χ3v) is 4.55. The second-order valence-electron chi connectivity index (χ2n) is 5.56. The molecule has 0 saturated carbocycles. The Hall–Kier alpha value is -2.50. The number of furan rings is 1. The molecular weight excluding hydrogens is 375 g/mol. The number of hydrogen-bond donors (Lipinski definition) is 0. The summed E-state index contributed by atoms with van der Waals surface area (Å²) in [5.74, 6) is 1.00. The SMILES string of the molecule is COC(=O)/C=C/c1c(Cl)nc(C)n1Cc1ccc(-c2ccco2)cc1Cl. The minimum Gasteiger partial charge on any atom is -0.466 e. The van der Waals surface area contributed by atoms with Crippen LogP contribution in [0.3, 0.4) is 0 Å². The maximum atomic E-state index is 11.4. The second-order valence-corrected chi connectivity index (χ2v) is 6.33. The third-order valence-electron chi connectivity index (χ3n) is 3.92. The standard InChI is InChI=1S/C19H16Cl2N2O3/c1-12-22-19(21)16(7-8-18(24)25-2)23(12)11-14-6-5-13(10-15(14)20)17-4-3-9-26-17/h3-10H,11H2,1-2H3/b8-7+. The second kappa shape index (κ2) is 7.81. The molecule has 0 saturated heterocycles. The van der Waals surface area contributed by atoms with Crippen molar-refractivity contribution in [2.75, 3.05) is 7.11 Å². The zero-order valence-corrected chi connectivity index (χ0v) is 15.7. The van der Waals surface area contributed by atoms with E-state index in [1.165, 1.54) is 13.2 Å². The molecule has 0 fully saturated rings. The maximum absolute atomic E-state index is 11.4. The predicted molar refractivity (Wildman–Crippen MR) is 101 cm³/mol. The fourth-order valence-electron chi connectivity index (χ4n) is 2.56.